The number of hydrogen-bond acceptors (Lipinski definition) is 4. The normalized spacial score (nSPS) is 27.2. The SMILES string of the molecule is C[C@@H]1CN(S(=O)(=O)c2sccc2Br)C[C@H](C)O1. The first-order valence-electron chi connectivity index (χ1n) is 5.30. The summed E-state index contributed by atoms with van der Waals surface area (Å²) in [5.41, 5.74) is 0. The first kappa shape index (κ1) is 13.5. The molecule has 2 rings (SSSR count). The van der Waals surface area contributed by atoms with Crippen LogP contribution in [0, 0.1) is 0 Å². The Morgan fingerprint density at radius 2 is 2.00 bits per heavy atom. The Morgan fingerprint density at radius 1 is 1.41 bits per heavy atom. The first-order chi connectivity index (χ1) is 7.91. The van der Waals surface area contributed by atoms with Crippen LogP contribution in [0.5, 0.6) is 0 Å². The fraction of sp³-hybridized carbons (Fsp3) is 0.600. The van der Waals surface area contributed by atoms with Crippen LogP contribution in [-0.4, -0.2) is 38.0 Å². The number of rotatable bonds is 2. The third-order valence-corrected chi connectivity index (χ3v) is 7.02. The van der Waals surface area contributed by atoms with Crippen LogP contribution < -0.4 is 0 Å². The van der Waals surface area contributed by atoms with E-state index in [1.165, 1.54) is 15.6 Å². The molecule has 1 aliphatic heterocycles. The monoisotopic (exact) mass is 339 g/mol. The average Bonchev–Trinajstić information content (AvgIpc) is 2.63. The predicted molar refractivity (Wildman–Crippen MR) is 70.8 cm³/mol. The molecular weight excluding hydrogens is 326 g/mol. The largest absolute Gasteiger partial charge is 0.373 e. The van der Waals surface area contributed by atoms with Gasteiger partial charge in [-0.25, -0.2) is 8.42 Å². The Hall–Kier alpha value is 0.0500. The van der Waals surface area contributed by atoms with Gasteiger partial charge in [0.25, 0.3) is 10.0 Å². The molecule has 2 heterocycles. The van der Waals surface area contributed by atoms with E-state index in [9.17, 15) is 8.42 Å². The smallest absolute Gasteiger partial charge is 0.253 e. The van der Waals surface area contributed by atoms with Crippen LogP contribution in [-0.2, 0) is 14.8 Å². The molecule has 1 aromatic heterocycles. The highest BCUT2D eigenvalue weighted by Gasteiger charge is 2.33. The summed E-state index contributed by atoms with van der Waals surface area (Å²) in [5.74, 6) is 0. The Kier molecular flexibility index (Phi) is 3.94. The van der Waals surface area contributed by atoms with Crippen molar-refractivity contribution in [3.8, 4) is 0 Å². The minimum Gasteiger partial charge on any atom is -0.373 e. The van der Waals surface area contributed by atoms with Gasteiger partial charge in [-0.3, -0.25) is 0 Å². The van der Waals surface area contributed by atoms with Crippen LogP contribution >= 0.6 is 27.3 Å². The standard InChI is InChI=1S/C10H14BrNO3S2/c1-7-5-12(6-8(2)15-7)17(13,14)10-9(11)3-4-16-10/h3-4,7-8H,5-6H2,1-2H3/t7-,8+. The highest BCUT2D eigenvalue weighted by Crippen LogP contribution is 2.31. The molecule has 0 bridgehead atoms. The number of nitrogens with zero attached hydrogens (tertiary/aromatic N) is 1. The van der Waals surface area contributed by atoms with Gasteiger partial charge in [-0.15, -0.1) is 11.3 Å². The van der Waals surface area contributed by atoms with Crippen molar-refractivity contribution in [1.82, 2.24) is 4.31 Å². The zero-order valence-electron chi connectivity index (χ0n) is 9.59. The van der Waals surface area contributed by atoms with E-state index in [-0.39, 0.29) is 12.2 Å². The second-order valence-electron chi connectivity index (χ2n) is 4.14. The van der Waals surface area contributed by atoms with E-state index in [0.29, 0.717) is 21.8 Å². The topological polar surface area (TPSA) is 46.6 Å². The third kappa shape index (κ3) is 2.73. The van der Waals surface area contributed by atoms with E-state index >= 15 is 0 Å². The predicted octanol–water partition coefficient (Wildman–Crippen LogP) is 2.31. The fourth-order valence-electron chi connectivity index (χ4n) is 1.91. The van der Waals surface area contributed by atoms with Crippen LogP contribution in [0.1, 0.15) is 13.8 Å². The molecule has 0 radical (unpaired) electrons. The van der Waals surface area contributed by atoms with Crippen molar-refractivity contribution in [1.29, 1.82) is 0 Å². The quantitative estimate of drug-likeness (QED) is 0.830. The van der Waals surface area contributed by atoms with Crippen LogP contribution in [0.3, 0.4) is 0 Å². The van der Waals surface area contributed by atoms with Gasteiger partial charge >= 0.3 is 0 Å². The van der Waals surface area contributed by atoms with Crippen LogP contribution in [0.25, 0.3) is 0 Å². The van der Waals surface area contributed by atoms with Gasteiger partial charge in [0.2, 0.25) is 0 Å². The summed E-state index contributed by atoms with van der Waals surface area (Å²) in [6.45, 7) is 4.61. The lowest BCUT2D eigenvalue weighted by Gasteiger charge is -2.34. The molecule has 1 saturated heterocycles. The maximum atomic E-state index is 12.4. The number of hydrogen-bond donors (Lipinski definition) is 0. The molecule has 0 N–H and O–H groups in total. The van der Waals surface area contributed by atoms with Crippen molar-refractivity contribution in [2.45, 2.75) is 30.3 Å². The maximum Gasteiger partial charge on any atom is 0.253 e. The Balaban J connectivity index is 2.30. The molecule has 0 aliphatic carbocycles. The summed E-state index contributed by atoms with van der Waals surface area (Å²) < 4.78 is 32.9. The van der Waals surface area contributed by atoms with Gasteiger partial charge in [0.05, 0.1) is 12.2 Å². The van der Waals surface area contributed by atoms with E-state index in [4.69, 9.17) is 4.74 Å². The molecule has 1 aromatic rings. The molecule has 2 atom stereocenters. The van der Waals surface area contributed by atoms with E-state index in [1.54, 1.807) is 11.4 Å². The number of sulfonamides is 1. The van der Waals surface area contributed by atoms with Crippen molar-refractivity contribution in [3.63, 3.8) is 0 Å². The maximum absolute atomic E-state index is 12.4. The molecule has 0 aromatic carbocycles. The second-order valence-corrected chi connectivity index (χ2v) is 8.04. The van der Waals surface area contributed by atoms with Crippen molar-refractivity contribution < 1.29 is 13.2 Å². The Morgan fingerprint density at radius 3 is 2.47 bits per heavy atom. The summed E-state index contributed by atoms with van der Waals surface area (Å²) in [6.07, 6.45) is -0.125. The third-order valence-electron chi connectivity index (χ3n) is 2.54. The van der Waals surface area contributed by atoms with Crippen LogP contribution in [0.2, 0.25) is 0 Å². The molecule has 7 heteroatoms. The molecule has 1 aliphatic rings. The van der Waals surface area contributed by atoms with E-state index in [1.807, 2.05) is 13.8 Å². The highest BCUT2D eigenvalue weighted by molar-refractivity contribution is 9.10. The zero-order valence-corrected chi connectivity index (χ0v) is 12.8. The number of halogens is 1. The summed E-state index contributed by atoms with van der Waals surface area (Å²) in [7, 11) is -3.39. The molecule has 0 unspecified atom stereocenters. The lowest BCUT2D eigenvalue weighted by atomic mass is 10.3. The van der Waals surface area contributed by atoms with Gasteiger partial charge in [-0.2, -0.15) is 4.31 Å². The van der Waals surface area contributed by atoms with Crippen LogP contribution in [0.4, 0.5) is 0 Å². The van der Waals surface area contributed by atoms with Crippen molar-refractivity contribution in [2.75, 3.05) is 13.1 Å². The summed E-state index contributed by atoms with van der Waals surface area (Å²) in [4.78, 5) is 0. The lowest BCUT2D eigenvalue weighted by molar-refractivity contribution is -0.0440. The minimum absolute atomic E-state index is 0.0627. The van der Waals surface area contributed by atoms with Gasteiger partial charge in [-0.1, -0.05) is 0 Å². The molecule has 96 valence electrons. The molecule has 17 heavy (non-hydrogen) atoms. The molecule has 4 nitrogen and oxygen atoms in total. The van der Waals surface area contributed by atoms with Gasteiger partial charge in [0.15, 0.2) is 0 Å². The second kappa shape index (κ2) is 4.97. The molecule has 1 fully saturated rings. The molecule has 0 amide bonds. The summed E-state index contributed by atoms with van der Waals surface area (Å²) in [6, 6.07) is 1.75. The number of ether oxygens (including phenoxy) is 1. The fourth-order valence-corrected chi connectivity index (χ4v) is 5.95. The number of thiophene rings is 1. The van der Waals surface area contributed by atoms with Gasteiger partial charge in [0.1, 0.15) is 4.21 Å². The van der Waals surface area contributed by atoms with Crippen LogP contribution in [0.15, 0.2) is 20.1 Å². The van der Waals surface area contributed by atoms with Gasteiger partial charge in [0, 0.05) is 17.6 Å². The summed E-state index contributed by atoms with van der Waals surface area (Å²) in [5, 5.41) is 1.77. The Bertz CT molecular complexity index is 489. The van der Waals surface area contributed by atoms with E-state index < -0.39 is 10.0 Å². The summed E-state index contributed by atoms with van der Waals surface area (Å²) >= 11 is 4.51. The van der Waals surface area contributed by atoms with Gasteiger partial charge < -0.3 is 4.74 Å². The van der Waals surface area contributed by atoms with Gasteiger partial charge in [-0.05, 0) is 41.2 Å². The van der Waals surface area contributed by atoms with Crippen molar-refractivity contribution >= 4 is 37.3 Å². The number of morpholine rings is 1. The average molecular weight is 340 g/mol. The highest BCUT2D eigenvalue weighted by atomic mass is 79.9. The zero-order chi connectivity index (χ0) is 12.6. The lowest BCUT2D eigenvalue weighted by Crippen LogP contribution is -2.47. The molecule has 0 spiro atoms. The van der Waals surface area contributed by atoms with E-state index in [0.717, 1.165) is 0 Å². The molecular formula is C10H14BrNO3S2. The Labute approximate surface area is 114 Å². The van der Waals surface area contributed by atoms with Crippen molar-refractivity contribution in [3.05, 3.63) is 15.9 Å². The van der Waals surface area contributed by atoms with Crippen molar-refractivity contribution in [2.24, 2.45) is 0 Å². The molecule has 0 saturated carbocycles. The minimum atomic E-state index is -3.39. The first-order valence-corrected chi connectivity index (χ1v) is 8.41. The van der Waals surface area contributed by atoms with E-state index in [2.05, 4.69) is 15.9 Å².